The van der Waals surface area contributed by atoms with Crippen LogP contribution in [0.3, 0.4) is 0 Å². The van der Waals surface area contributed by atoms with Gasteiger partial charge in [0.1, 0.15) is 0 Å². The van der Waals surface area contributed by atoms with Crippen LogP contribution in [0.25, 0.3) is 0 Å². The standard InChI is InChI=1S/C13H14N2OS/c1-10-2-4-11(5-3-10)7-14-13(16)6-12-8-17-9-15-12/h2-5,8-9H,6-7H2,1H3,(H,14,16). The van der Waals surface area contributed by atoms with Gasteiger partial charge in [-0.1, -0.05) is 29.8 Å². The molecule has 3 nitrogen and oxygen atoms in total. The van der Waals surface area contributed by atoms with Crippen molar-refractivity contribution in [2.24, 2.45) is 0 Å². The second-order valence-corrected chi connectivity index (χ2v) is 4.64. The first-order valence-corrected chi connectivity index (χ1v) is 6.37. The van der Waals surface area contributed by atoms with Crippen molar-refractivity contribution in [2.75, 3.05) is 0 Å². The van der Waals surface area contributed by atoms with E-state index >= 15 is 0 Å². The number of rotatable bonds is 4. The number of hydrogen-bond donors (Lipinski definition) is 1. The Labute approximate surface area is 105 Å². The highest BCUT2D eigenvalue weighted by molar-refractivity contribution is 7.07. The number of thiazole rings is 1. The second kappa shape index (κ2) is 5.59. The molecule has 0 radical (unpaired) electrons. The van der Waals surface area contributed by atoms with Gasteiger partial charge in [0.15, 0.2) is 0 Å². The maximum Gasteiger partial charge on any atom is 0.226 e. The highest BCUT2D eigenvalue weighted by atomic mass is 32.1. The normalized spacial score (nSPS) is 10.2. The number of amides is 1. The van der Waals surface area contributed by atoms with Crippen LogP contribution in [0.2, 0.25) is 0 Å². The first-order chi connectivity index (χ1) is 8.24. The maximum absolute atomic E-state index is 11.6. The molecule has 17 heavy (non-hydrogen) atoms. The topological polar surface area (TPSA) is 42.0 Å². The van der Waals surface area contributed by atoms with Gasteiger partial charge >= 0.3 is 0 Å². The van der Waals surface area contributed by atoms with Gasteiger partial charge in [-0.3, -0.25) is 4.79 Å². The zero-order chi connectivity index (χ0) is 12.1. The number of nitrogens with zero attached hydrogens (tertiary/aromatic N) is 1. The SMILES string of the molecule is Cc1ccc(CNC(=O)Cc2cscn2)cc1. The third-order valence-electron chi connectivity index (χ3n) is 2.44. The molecule has 4 heteroatoms. The Morgan fingerprint density at radius 1 is 1.35 bits per heavy atom. The molecule has 1 heterocycles. The van der Waals surface area contributed by atoms with Crippen LogP contribution in [0, 0.1) is 6.92 Å². The molecule has 2 aromatic rings. The highest BCUT2D eigenvalue weighted by Crippen LogP contribution is 2.04. The lowest BCUT2D eigenvalue weighted by molar-refractivity contribution is -0.120. The van der Waals surface area contributed by atoms with Crippen LogP contribution in [0.1, 0.15) is 16.8 Å². The van der Waals surface area contributed by atoms with Crippen molar-refractivity contribution >= 4 is 17.2 Å². The molecule has 0 spiro atoms. The minimum Gasteiger partial charge on any atom is -0.352 e. The molecule has 0 saturated heterocycles. The van der Waals surface area contributed by atoms with E-state index in [1.54, 1.807) is 5.51 Å². The van der Waals surface area contributed by atoms with Crippen molar-refractivity contribution in [1.29, 1.82) is 0 Å². The van der Waals surface area contributed by atoms with Gasteiger partial charge in [-0.05, 0) is 12.5 Å². The lowest BCUT2D eigenvalue weighted by Crippen LogP contribution is -2.24. The van der Waals surface area contributed by atoms with Crippen molar-refractivity contribution in [1.82, 2.24) is 10.3 Å². The summed E-state index contributed by atoms with van der Waals surface area (Å²) in [6.45, 7) is 2.62. The highest BCUT2D eigenvalue weighted by Gasteiger charge is 2.04. The van der Waals surface area contributed by atoms with Crippen LogP contribution in [0.15, 0.2) is 35.2 Å². The van der Waals surface area contributed by atoms with E-state index < -0.39 is 0 Å². The molecule has 1 N–H and O–H groups in total. The first-order valence-electron chi connectivity index (χ1n) is 5.43. The molecule has 0 saturated carbocycles. The Morgan fingerprint density at radius 3 is 2.76 bits per heavy atom. The molecule has 0 aliphatic heterocycles. The largest absolute Gasteiger partial charge is 0.352 e. The van der Waals surface area contributed by atoms with Gasteiger partial charge < -0.3 is 5.32 Å². The summed E-state index contributed by atoms with van der Waals surface area (Å²) in [5.74, 6) is 0.0106. The van der Waals surface area contributed by atoms with Crippen LogP contribution in [-0.2, 0) is 17.8 Å². The molecule has 1 amide bonds. The van der Waals surface area contributed by atoms with Gasteiger partial charge in [-0.15, -0.1) is 11.3 Å². The Bertz CT molecular complexity index is 477. The fourth-order valence-electron chi connectivity index (χ4n) is 1.46. The second-order valence-electron chi connectivity index (χ2n) is 3.92. The molecule has 0 aliphatic carbocycles. The van der Waals surface area contributed by atoms with Crippen molar-refractivity contribution in [2.45, 2.75) is 19.9 Å². The van der Waals surface area contributed by atoms with Crippen LogP contribution < -0.4 is 5.32 Å². The molecule has 0 unspecified atom stereocenters. The van der Waals surface area contributed by atoms with E-state index in [0.717, 1.165) is 11.3 Å². The van der Waals surface area contributed by atoms with Crippen molar-refractivity contribution < 1.29 is 4.79 Å². The van der Waals surface area contributed by atoms with Crippen LogP contribution >= 0.6 is 11.3 Å². The average molecular weight is 246 g/mol. The van der Waals surface area contributed by atoms with E-state index in [1.807, 2.05) is 36.6 Å². The van der Waals surface area contributed by atoms with E-state index in [-0.39, 0.29) is 5.91 Å². The number of hydrogen-bond acceptors (Lipinski definition) is 3. The number of aromatic nitrogens is 1. The summed E-state index contributed by atoms with van der Waals surface area (Å²) < 4.78 is 0. The summed E-state index contributed by atoms with van der Waals surface area (Å²) in [6.07, 6.45) is 0.357. The van der Waals surface area contributed by atoms with Gasteiger partial charge in [0.25, 0.3) is 0 Å². The molecule has 88 valence electrons. The maximum atomic E-state index is 11.6. The van der Waals surface area contributed by atoms with Gasteiger partial charge in [-0.25, -0.2) is 4.98 Å². The molecule has 0 aliphatic rings. The zero-order valence-electron chi connectivity index (χ0n) is 9.64. The smallest absolute Gasteiger partial charge is 0.226 e. The fourth-order valence-corrected chi connectivity index (χ4v) is 2.02. The van der Waals surface area contributed by atoms with Crippen molar-refractivity contribution in [3.63, 3.8) is 0 Å². The summed E-state index contributed by atoms with van der Waals surface area (Å²) in [7, 11) is 0. The number of aryl methyl sites for hydroxylation is 1. The Balaban J connectivity index is 1.82. The third-order valence-corrected chi connectivity index (χ3v) is 3.07. The first kappa shape index (κ1) is 11.8. The van der Waals surface area contributed by atoms with Crippen LogP contribution in [0.4, 0.5) is 0 Å². The Hall–Kier alpha value is -1.68. The minimum absolute atomic E-state index is 0.0106. The van der Waals surface area contributed by atoms with Crippen molar-refractivity contribution in [3.05, 3.63) is 52.0 Å². The fraction of sp³-hybridized carbons (Fsp3) is 0.231. The van der Waals surface area contributed by atoms with E-state index in [2.05, 4.69) is 10.3 Å². The molecule has 1 aromatic carbocycles. The quantitative estimate of drug-likeness (QED) is 0.899. The molecule has 2 rings (SSSR count). The summed E-state index contributed by atoms with van der Waals surface area (Å²) in [5, 5.41) is 4.78. The monoisotopic (exact) mass is 246 g/mol. The van der Waals surface area contributed by atoms with E-state index in [9.17, 15) is 4.79 Å². The predicted octanol–water partition coefficient (Wildman–Crippen LogP) is 2.31. The zero-order valence-corrected chi connectivity index (χ0v) is 10.5. The molecule has 0 fully saturated rings. The average Bonchev–Trinajstić information content (AvgIpc) is 2.81. The van der Waals surface area contributed by atoms with Gasteiger partial charge in [0, 0.05) is 11.9 Å². The van der Waals surface area contributed by atoms with Gasteiger partial charge in [0.05, 0.1) is 17.6 Å². The molecular formula is C13H14N2OS. The van der Waals surface area contributed by atoms with E-state index in [1.165, 1.54) is 16.9 Å². The summed E-state index contributed by atoms with van der Waals surface area (Å²) >= 11 is 1.51. The summed E-state index contributed by atoms with van der Waals surface area (Å²) in [4.78, 5) is 15.7. The Morgan fingerprint density at radius 2 is 2.12 bits per heavy atom. The van der Waals surface area contributed by atoms with E-state index in [4.69, 9.17) is 0 Å². The molecule has 1 aromatic heterocycles. The third kappa shape index (κ3) is 3.67. The molecule has 0 bridgehead atoms. The van der Waals surface area contributed by atoms with Crippen LogP contribution in [0.5, 0.6) is 0 Å². The lowest BCUT2D eigenvalue weighted by atomic mass is 10.1. The minimum atomic E-state index is 0.0106. The molecular weight excluding hydrogens is 232 g/mol. The number of carbonyl (C=O) groups is 1. The number of nitrogens with one attached hydrogen (secondary N) is 1. The van der Waals surface area contributed by atoms with E-state index in [0.29, 0.717) is 13.0 Å². The van der Waals surface area contributed by atoms with Crippen molar-refractivity contribution in [3.8, 4) is 0 Å². The predicted molar refractivity (Wildman–Crippen MR) is 68.8 cm³/mol. The lowest BCUT2D eigenvalue weighted by Gasteiger charge is -2.04. The Kier molecular flexibility index (Phi) is 3.88. The molecule has 0 atom stereocenters. The van der Waals surface area contributed by atoms with Gasteiger partial charge in [-0.2, -0.15) is 0 Å². The number of carbonyl (C=O) groups excluding carboxylic acids is 1. The van der Waals surface area contributed by atoms with Gasteiger partial charge in [0.2, 0.25) is 5.91 Å². The summed E-state index contributed by atoms with van der Waals surface area (Å²) in [5.41, 5.74) is 4.91. The number of benzene rings is 1. The van der Waals surface area contributed by atoms with Crippen LogP contribution in [-0.4, -0.2) is 10.9 Å². The summed E-state index contributed by atoms with van der Waals surface area (Å²) in [6, 6.07) is 8.14.